The lowest BCUT2D eigenvalue weighted by molar-refractivity contribution is -0.142. The van der Waals surface area contributed by atoms with Gasteiger partial charge in [0.2, 0.25) is 5.91 Å². The third-order valence-corrected chi connectivity index (χ3v) is 7.20. The van der Waals surface area contributed by atoms with Crippen LogP contribution in [0.25, 0.3) is 5.69 Å². The Balaban J connectivity index is 1.47. The van der Waals surface area contributed by atoms with E-state index in [2.05, 4.69) is 15.3 Å². The van der Waals surface area contributed by atoms with E-state index in [1.807, 2.05) is 12.1 Å². The number of rotatable bonds is 7. The summed E-state index contributed by atoms with van der Waals surface area (Å²) in [5.74, 6) is -0.114. The van der Waals surface area contributed by atoms with Gasteiger partial charge >= 0.3 is 6.18 Å². The first-order valence-electron chi connectivity index (χ1n) is 12.4. The predicted molar refractivity (Wildman–Crippen MR) is 136 cm³/mol. The number of carbonyl (C=O) groups excluding carboxylic acids is 2. The fourth-order valence-corrected chi connectivity index (χ4v) is 4.93. The second-order valence-corrected chi connectivity index (χ2v) is 9.39. The van der Waals surface area contributed by atoms with Gasteiger partial charge in [0.25, 0.3) is 5.91 Å². The van der Waals surface area contributed by atoms with Crippen molar-refractivity contribution in [1.82, 2.24) is 15.1 Å². The molecule has 3 aromatic rings. The molecule has 1 aliphatic heterocycles. The quantitative estimate of drug-likeness (QED) is 0.498. The average molecular weight is 528 g/mol. The van der Waals surface area contributed by atoms with Gasteiger partial charge in [-0.1, -0.05) is 0 Å². The van der Waals surface area contributed by atoms with Crippen LogP contribution in [0.5, 0.6) is 5.75 Å². The molecule has 1 N–H and O–H groups in total. The third-order valence-electron chi connectivity index (χ3n) is 7.20. The van der Waals surface area contributed by atoms with E-state index in [9.17, 15) is 22.8 Å². The molecule has 38 heavy (non-hydrogen) atoms. The molecular weight excluding hydrogens is 499 g/mol. The van der Waals surface area contributed by atoms with Gasteiger partial charge in [0, 0.05) is 36.6 Å². The maximum absolute atomic E-state index is 13.9. The molecule has 0 saturated heterocycles. The van der Waals surface area contributed by atoms with E-state index < -0.39 is 17.8 Å². The molecule has 200 valence electrons. The number of hydrogen-bond acceptors (Lipinski definition) is 5. The van der Waals surface area contributed by atoms with Gasteiger partial charge < -0.3 is 19.9 Å². The van der Waals surface area contributed by atoms with Gasteiger partial charge in [-0.05, 0) is 74.2 Å². The molecule has 5 rings (SSSR count). The Morgan fingerprint density at radius 3 is 2.32 bits per heavy atom. The Morgan fingerprint density at radius 1 is 1.11 bits per heavy atom. The van der Waals surface area contributed by atoms with Crippen LogP contribution in [0.2, 0.25) is 0 Å². The lowest BCUT2D eigenvalue weighted by Gasteiger charge is -2.39. The minimum absolute atomic E-state index is 0.0126. The Bertz CT molecular complexity index is 1330. The van der Waals surface area contributed by atoms with Crippen LogP contribution in [0.1, 0.15) is 41.0 Å². The molecule has 2 aromatic carbocycles. The Morgan fingerprint density at radius 2 is 1.76 bits per heavy atom. The van der Waals surface area contributed by atoms with Crippen molar-refractivity contribution in [3.63, 3.8) is 0 Å². The third kappa shape index (κ3) is 4.68. The second kappa shape index (κ2) is 10.0. The molecule has 1 aliphatic carbocycles. The number of alkyl halides is 3. The van der Waals surface area contributed by atoms with E-state index in [0.29, 0.717) is 17.1 Å². The number of carbonyl (C=O) groups is 2. The van der Waals surface area contributed by atoms with Crippen molar-refractivity contribution in [1.29, 1.82) is 0 Å². The molecule has 2 heterocycles. The summed E-state index contributed by atoms with van der Waals surface area (Å²) in [6.45, 7) is 0.320. The molecule has 0 spiro atoms. The summed E-state index contributed by atoms with van der Waals surface area (Å²) in [7, 11) is 3.09. The summed E-state index contributed by atoms with van der Waals surface area (Å²) in [5, 5.41) is 6.49. The van der Waals surface area contributed by atoms with E-state index in [-0.39, 0.29) is 42.7 Å². The van der Waals surface area contributed by atoms with Crippen LogP contribution in [-0.4, -0.2) is 54.9 Å². The highest BCUT2D eigenvalue weighted by molar-refractivity contribution is 6.07. The monoisotopic (exact) mass is 527 g/mol. The van der Waals surface area contributed by atoms with Gasteiger partial charge in [-0.25, -0.2) is 4.68 Å². The zero-order chi connectivity index (χ0) is 27.0. The van der Waals surface area contributed by atoms with Gasteiger partial charge in [0.05, 0.1) is 19.3 Å². The van der Waals surface area contributed by atoms with Crippen LogP contribution in [0, 0.1) is 0 Å². The fourth-order valence-electron chi connectivity index (χ4n) is 4.93. The summed E-state index contributed by atoms with van der Waals surface area (Å²) >= 11 is 0. The van der Waals surface area contributed by atoms with Crippen molar-refractivity contribution in [3.8, 4) is 11.4 Å². The molecule has 0 radical (unpaired) electrons. The first kappa shape index (κ1) is 25.6. The maximum Gasteiger partial charge on any atom is 0.435 e. The first-order valence-corrected chi connectivity index (χ1v) is 12.4. The van der Waals surface area contributed by atoms with Gasteiger partial charge in [0.1, 0.15) is 11.4 Å². The number of ether oxygens (including phenoxy) is 1. The second-order valence-electron chi connectivity index (χ2n) is 9.39. The minimum atomic E-state index is -4.69. The van der Waals surface area contributed by atoms with Crippen molar-refractivity contribution >= 4 is 23.2 Å². The van der Waals surface area contributed by atoms with Gasteiger partial charge in [-0.3, -0.25) is 9.59 Å². The largest absolute Gasteiger partial charge is 0.497 e. The van der Waals surface area contributed by atoms with E-state index in [4.69, 9.17) is 4.74 Å². The van der Waals surface area contributed by atoms with E-state index in [0.717, 1.165) is 29.6 Å². The summed E-state index contributed by atoms with van der Waals surface area (Å²) in [6.07, 6.45) is -1.56. The summed E-state index contributed by atoms with van der Waals surface area (Å²) in [6, 6.07) is 13.8. The molecule has 11 heteroatoms. The molecule has 1 aromatic heterocycles. The molecular formula is C27H28F3N5O3. The molecule has 2 amide bonds. The first-order chi connectivity index (χ1) is 18.2. The van der Waals surface area contributed by atoms with Crippen LogP contribution in [-0.2, 0) is 17.4 Å². The molecule has 0 unspecified atom stereocenters. The van der Waals surface area contributed by atoms with E-state index >= 15 is 0 Å². The topological polar surface area (TPSA) is 79.7 Å². The van der Waals surface area contributed by atoms with Gasteiger partial charge in [0.15, 0.2) is 5.69 Å². The number of fused-ring (bicyclic) bond motifs is 1. The van der Waals surface area contributed by atoms with Crippen LogP contribution in [0.3, 0.4) is 0 Å². The number of nitrogens with one attached hydrogen (secondary N) is 1. The Hall–Kier alpha value is -4.02. The molecule has 1 saturated carbocycles. The predicted octanol–water partition coefficient (Wildman–Crippen LogP) is 4.21. The zero-order valence-corrected chi connectivity index (χ0v) is 21.1. The van der Waals surface area contributed by atoms with Crippen LogP contribution in [0.4, 0.5) is 24.5 Å². The normalized spacial score (nSPS) is 15.6. The van der Waals surface area contributed by atoms with Crippen molar-refractivity contribution in [2.75, 3.05) is 37.0 Å². The van der Waals surface area contributed by atoms with Crippen molar-refractivity contribution in [2.24, 2.45) is 0 Å². The highest BCUT2D eigenvalue weighted by Gasteiger charge is 2.43. The lowest BCUT2D eigenvalue weighted by atomic mass is 9.91. The molecule has 1 fully saturated rings. The number of methoxy groups -OCH3 is 1. The van der Waals surface area contributed by atoms with Crippen LogP contribution < -0.4 is 19.9 Å². The summed E-state index contributed by atoms with van der Waals surface area (Å²) in [4.78, 5) is 29.2. The fraction of sp³-hybridized carbons (Fsp3) is 0.370. The van der Waals surface area contributed by atoms with Gasteiger partial charge in [-0.15, -0.1) is 0 Å². The van der Waals surface area contributed by atoms with Crippen LogP contribution in [0.15, 0.2) is 48.5 Å². The Labute approximate surface area is 218 Å². The molecule has 2 aliphatic rings. The lowest BCUT2D eigenvalue weighted by Crippen LogP contribution is -2.45. The minimum Gasteiger partial charge on any atom is -0.497 e. The van der Waals surface area contributed by atoms with E-state index in [1.165, 1.54) is 12.0 Å². The number of anilines is 2. The number of halogens is 3. The highest BCUT2D eigenvalue weighted by atomic mass is 19.4. The number of aromatic nitrogens is 2. The van der Waals surface area contributed by atoms with Crippen molar-refractivity contribution in [3.05, 3.63) is 65.5 Å². The van der Waals surface area contributed by atoms with Crippen molar-refractivity contribution < 1.29 is 27.5 Å². The highest BCUT2D eigenvalue weighted by Crippen LogP contribution is 2.38. The summed E-state index contributed by atoms with van der Waals surface area (Å²) < 4.78 is 47.8. The van der Waals surface area contributed by atoms with Crippen LogP contribution >= 0.6 is 0 Å². The molecule has 8 nitrogen and oxygen atoms in total. The van der Waals surface area contributed by atoms with E-state index in [1.54, 1.807) is 43.4 Å². The smallest absolute Gasteiger partial charge is 0.435 e. The number of amides is 2. The number of benzene rings is 2. The van der Waals surface area contributed by atoms with Gasteiger partial charge in [-0.2, -0.15) is 18.3 Å². The average Bonchev–Trinajstić information content (AvgIpc) is 3.29. The molecule has 0 bridgehead atoms. The number of hydrogen-bond donors (Lipinski definition) is 1. The number of likely N-dealkylation sites (N-methyl/N-ethyl adjacent to an activating group) is 1. The SMILES string of the molecule is CNC(=O)CN(c1ccc(N2CCc3c(C(F)(F)F)nn(-c4ccc(OC)cc4)c3C2=O)cc1)C1CCC1. The standard InChI is InChI=1S/C27H28F3N5O3/c1-31-23(36)16-34(17-4-3-5-17)19-8-6-18(7-9-19)33-15-14-22-24(26(33)37)35(32-25(22)27(28,29)30)20-10-12-21(38-2)13-11-20/h6-13,17H,3-5,14-16H2,1-2H3,(H,31,36). The molecule has 0 atom stereocenters. The Kier molecular flexibility index (Phi) is 6.77. The maximum atomic E-state index is 13.9. The summed E-state index contributed by atoms with van der Waals surface area (Å²) in [5.41, 5.74) is 0.496. The zero-order valence-electron chi connectivity index (χ0n) is 21.1. The number of nitrogens with zero attached hydrogens (tertiary/aromatic N) is 4. The van der Waals surface area contributed by atoms with Crippen molar-refractivity contribution in [2.45, 2.75) is 37.9 Å².